The molecule has 158 valence electrons. The summed E-state index contributed by atoms with van der Waals surface area (Å²) in [6, 6.07) is 0. The first kappa shape index (κ1) is 21.8. The first-order valence-electron chi connectivity index (χ1n) is 11.0. The Morgan fingerprint density at radius 2 is 1.82 bits per heavy atom. The molecule has 2 fully saturated rings. The van der Waals surface area contributed by atoms with Crippen LogP contribution in [0.25, 0.3) is 0 Å². The van der Waals surface area contributed by atoms with Gasteiger partial charge in [-0.15, -0.1) is 0 Å². The van der Waals surface area contributed by atoms with Crippen molar-refractivity contribution in [2.75, 3.05) is 0 Å². The molecule has 3 nitrogen and oxygen atoms in total. The zero-order valence-corrected chi connectivity index (χ0v) is 20.2. The summed E-state index contributed by atoms with van der Waals surface area (Å²) in [5.74, 6) is 0.0371. The van der Waals surface area contributed by atoms with Crippen molar-refractivity contribution in [2.24, 2.45) is 22.7 Å². The number of ketones is 1. The van der Waals surface area contributed by atoms with E-state index in [-0.39, 0.29) is 39.9 Å². The second-order valence-electron chi connectivity index (χ2n) is 11.7. The summed E-state index contributed by atoms with van der Waals surface area (Å²) in [6.45, 7) is 21.9. The van der Waals surface area contributed by atoms with Crippen LogP contribution in [-0.2, 0) is 9.22 Å². The van der Waals surface area contributed by atoms with Crippen molar-refractivity contribution in [1.29, 1.82) is 0 Å². The fraction of sp³-hybridized carbons (Fsp3) is 0.792. The van der Waals surface area contributed by atoms with Crippen molar-refractivity contribution < 1.29 is 14.3 Å². The number of hydrogen-bond donors (Lipinski definition) is 1. The van der Waals surface area contributed by atoms with Crippen molar-refractivity contribution in [3.05, 3.63) is 23.5 Å². The minimum atomic E-state index is -2.04. The molecule has 0 aromatic carbocycles. The monoisotopic (exact) mass is 404 g/mol. The number of hydrogen-bond acceptors (Lipinski definition) is 3. The van der Waals surface area contributed by atoms with Crippen LogP contribution in [0.2, 0.25) is 18.1 Å². The maximum absolute atomic E-state index is 13.2. The second kappa shape index (κ2) is 6.56. The first-order valence-corrected chi connectivity index (χ1v) is 13.9. The third-order valence-electron chi connectivity index (χ3n) is 8.76. The van der Waals surface area contributed by atoms with Crippen molar-refractivity contribution in [3.63, 3.8) is 0 Å². The zero-order valence-electron chi connectivity index (χ0n) is 19.2. The summed E-state index contributed by atoms with van der Waals surface area (Å²) in [7, 11) is -2.04. The Bertz CT molecular complexity index is 725. The van der Waals surface area contributed by atoms with Crippen molar-refractivity contribution >= 4 is 14.1 Å². The van der Waals surface area contributed by atoms with Crippen LogP contribution in [-0.4, -0.2) is 25.3 Å². The molecule has 3 aliphatic rings. The van der Waals surface area contributed by atoms with Gasteiger partial charge < -0.3 is 9.53 Å². The molecule has 1 N–H and O–H groups in total. The Morgan fingerprint density at radius 3 is 2.36 bits per heavy atom. The highest BCUT2D eigenvalue weighted by atomic mass is 28.4. The Balaban J connectivity index is 2.19. The quantitative estimate of drug-likeness (QED) is 0.418. The van der Waals surface area contributed by atoms with E-state index in [1.54, 1.807) is 0 Å². The lowest BCUT2D eigenvalue weighted by Gasteiger charge is -2.45. The fourth-order valence-corrected chi connectivity index (χ4v) is 7.14. The Kier molecular flexibility index (Phi) is 5.12. The van der Waals surface area contributed by atoms with Gasteiger partial charge in [-0.1, -0.05) is 53.2 Å². The van der Waals surface area contributed by atoms with Crippen LogP contribution in [0.15, 0.2) is 23.5 Å². The molecule has 3 aliphatic carbocycles. The molecule has 0 amide bonds. The van der Waals surface area contributed by atoms with E-state index in [1.807, 2.05) is 20.8 Å². The summed E-state index contributed by atoms with van der Waals surface area (Å²) in [4.78, 5) is 13.2. The van der Waals surface area contributed by atoms with E-state index in [9.17, 15) is 9.90 Å². The minimum Gasteiger partial charge on any atom is -0.504 e. The van der Waals surface area contributed by atoms with Crippen LogP contribution in [0.4, 0.5) is 0 Å². The number of fused-ring (bicyclic) bond motifs is 3. The van der Waals surface area contributed by atoms with E-state index in [4.69, 9.17) is 4.43 Å². The zero-order chi connectivity index (χ0) is 21.3. The predicted octanol–water partition coefficient (Wildman–Crippen LogP) is 6.57. The van der Waals surface area contributed by atoms with Gasteiger partial charge in [0.05, 0.1) is 6.10 Å². The van der Waals surface area contributed by atoms with Crippen LogP contribution >= 0.6 is 0 Å². The number of allylic oxidation sites excluding steroid dienone is 2. The lowest BCUT2D eigenvalue weighted by molar-refractivity contribution is -0.130. The topological polar surface area (TPSA) is 46.5 Å². The molecule has 1 spiro atoms. The molecule has 0 aromatic heterocycles. The van der Waals surface area contributed by atoms with Gasteiger partial charge >= 0.3 is 0 Å². The minimum absolute atomic E-state index is 0.0150. The standard InChI is InChI=1S/C24H40O3Si/c1-15-12-10-11-13-24(15)14-17-20(27-28(8,9)22(3,4)5)18(24)16(2)19(25)21(26)23(17,6)7/h17-18,20,25H,1,10-14H2,2-9H3/t17-,18-,20?,24-/m0/s1. The third-order valence-corrected chi connectivity index (χ3v) is 13.2. The summed E-state index contributed by atoms with van der Waals surface area (Å²) in [5.41, 5.74) is 1.48. The van der Waals surface area contributed by atoms with Crippen molar-refractivity contribution in [3.8, 4) is 0 Å². The second-order valence-corrected chi connectivity index (χ2v) is 16.4. The number of Topliss-reactive ketones (excluding diaryl/α,β-unsaturated/α-hetero) is 1. The molecule has 4 heteroatoms. The van der Waals surface area contributed by atoms with E-state index in [0.717, 1.165) is 24.8 Å². The first-order chi connectivity index (χ1) is 12.7. The van der Waals surface area contributed by atoms with Crippen LogP contribution in [0.1, 0.15) is 73.6 Å². The molecule has 2 saturated carbocycles. The molecule has 2 bridgehead atoms. The van der Waals surface area contributed by atoms with Crippen LogP contribution in [0.3, 0.4) is 0 Å². The van der Waals surface area contributed by atoms with Gasteiger partial charge in [-0.05, 0) is 62.2 Å². The van der Waals surface area contributed by atoms with Gasteiger partial charge in [-0.2, -0.15) is 0 Å². The highest BCUT2D eigenvalue weighted by Crippen LogP contribution is 2.65. The van der Waals surface area contributed by atoms with Crippen LogP contribution in [0, 0.1) is 22.7 Å². The summed E-state index contributed by atoms with van der Waals surface area (Å²) in [5, 5.41) is 11.0. The molecule has 0 radical (unpaired) electrons. The number of rotatable bonds is 2. The van der Waals surface area contributed by atoms with Gasteiger partial charge in [0.1, 0.15) is 0 Å². The van der Waals surface area contributed by atoms with E-state index < -0.39 is 13.7 Å². The molecule has 0 heterocycles. The summed E-state index contributed by atoms with van der Waals surface area (Å²) in [6.07, 6.45) is 5.47. The molecular weight excluding hydrogens is 364 g/mol. The van der Waals surface area contributed by atoms with Crippen molar-refractivity contribution in [2.45, 2.75) is 97.9 Å². The summed E-state index contributed by atoms with van der Waals surface area (Å²) < 4.78 is 7.09. The highest BCUT2D eigenvalue weighted by Gasteiger charge is 2.64. The Labute approximate surface area is 172 Å². The lowest BCUT2D eigenvalue weighted by atomic mass is 9.61. The van der Waals surface area contributed by atoms with E-state index in [2.05, 4.69) is 40.4 Å². The lowest BCUT2D eigenvalue weighted by Crippen LogP contribution is -2.49. The molecule has 0 aromatic rings. The number of aliphatic hydroxyl groups is 1. The normalized spacial score (nSPS) is 36.2. The summed E-state index contributed by atoms with van der Waals surface area (Å²) >= 11 is 0. The average molecular weight is 405 g/mol. The van der Waals surface area contributed by atoms with Gasteiger partial charge in [-0.25, -0.2) is 0 Å². The van der Waals surface area contributed by atoms with E-state index in [1.165, 1.54) is 18.4 Å². The molecule has 0 saturated heterocycles. The molecule has 28 heavy (non-hydrogen) atoms. The number of carbonyl (C=O) groups is 1. The van der Waals surface area contributed by atoms with Crippen LogP contribution in [0.5, 0.6) is 0 Å². The van der Waals surface area contributed by atoms with E-state index in [0.29, 0.717) is 0 Å². The molecule has 3 rings (SSSR count). The van der Waals surface area contributed by atoms with Gasteiger partial charge in [0, 0.05) is 16.7 Å². The molecule has 0 aliphatic heterocycles. The number of carbonyl (C=O) groups excluding carboxylic acids is 1. The van der Waals surface area contributed by atoms with Gasteiger partial charge in [-0.3, -0.25) is 4.79 Å². The fourth-order valence-electron chi connectivity index (χ4n) is 5.80. The smallest absolute Gasteiger partial charge is 0.202 e. The van der Waals surface area contributed by atoms with E-state index >= 15 is 0 Å². The molecule has 4 atom stereocenters. The number of aliphatic hydroxyl groups excluding tert-OH is 1. The van der Waals surface area contributed by atoms with Gasteiger partial charge in [0.2, 0.25) is 5.78 Å². The maximum Gasteiger partial charge on any atom is 0.202 e. The highest BCUT2D eigenvalue weighted by molar-refractivity contribution is 6.74. The van der Waals surface area contributed by atoms with Crippen molar-refractivity contribution in [1.82, 2.24) is 0 Å². The largest absolute Gasteiger partial charge is 0.504 e. The molecular formula is C24H40O3Si. The average Bonchev–Trinajstić information content (AvgIpc) is 2.87. The SMILES string of the molecule is C=C1CCCC[C@]12C[C@H]1C(O[Si](C)(C)C(C)(C)C)[C@@H]2C(C)=C(O)C(=O)C1(C)C. The van der Waals surface area contributed by atoms with Crippen LogP contribution < -0.4 is 0 Å². The Hall–Kier alpha value is -0.873. The Morgan fingerprint density at radius 1 is 1.21 bits per heavy atom. The van der Waals surface area contributed by atoms with Gasteiger partial charge in [0.15, 0.2) is 14.1 Å². The third kappa shape index (κ3) is 2.97. The molecule has 1 unspecified atom stereocenters. The predicted molar refractivity (Wildman–Crippen MR) is 118 cm³/mol. The van der Waals surface area contributed by atoms with Gasteiger partial charge in [0.25, 0.3) is 0 Å². The maximum atomic E-state index is 13.2.